The Hall–Kier alpha value is -1.49. The minimum atomic E-state index is -7.75. The van der Waals surface area contributed by atoms with Gasteiger partial charge in [-0.05, 0) is 0 Å². The highest BCUT2D eigenvalue weighted by Crippen LogP contribution is 2.58. The average Bonchev–Trinajstić information content (AvgIpc) is 3.11. The first kappa shape index (κ1) is 53.5. The van der Waals surface area contributed by atoms with E-state index < -0.39 is 87.8 Å². The Bertz CT molecular complexity index is 958. The second kappa shape index (κ2) is 27.2. The zero-order valence-corrected chi connectivity index (χ0v) is 29.2. The summed E-state index contributed by atoms with van der Waals surface area (Å²) in [4.78, 5) is 0. The van der Waals surface area contributed by atoms with Gasteiger partial charge in [0.15, 0.2) is 6.67 Å². The number of aliphatic hydroxyl groups is 1. The van der Waals surface area contributed by atoms with Crippen LogP contribution in [0.15, 0.2) is 0 Å². The maximum absolute atomic E-state index is 14.0. The van der Waals surface area contributed by atoms with Gasteiger partial charge in [0.05, 0.1) is 119 Å². The van der Waals surface area contributed by atoms with E-state index in [0.29, 0.717) is 39.6 Å². The van der Waals surface area contributed by atoms with Gasteiger partial charge in [0.1, 0.15) is 19.3 Å². The monoisotopic (exact) mass is 854 g/mol. The first-order valence-corrected chi connectivity index (χ1v) is 16.2. The normalized spacial score (nSPS) is 14.3. The van der Waals surface area contributed by atoms with E-state index in [1.54, 1.807) is 0 Å². The fourth-order valence-electron chi connectivity index (χ4n) is 3.46. The molecule has 55 heavy (non-hydrogen) atoms. The summed E-state index contributed by atoms with van der Waals surface area (Å²) in [6, 6.07) is 0. The summed E-state index contributed by atoms with van der Waals surface area (Å²) in [6.45, 7) is -6.92. The zero-order chi connectivity index (χ0) is 42.1. The van der Waals surface area contributed by atoms with Gasteiger partial charge < -0.3 is 52.5 Å². The minimum absolute atomic E-state index is 0.0147. The summed E-state index contributed by atoms with van der Waals surface area (Å²) in [5.41, 5.74) is 0. The van der Waals surface area contributed by atoms with Crippen LogP contribution in [0.3, 0.4) is 0 Å². The van der Waals surface area contributed by atoms with Gasteiger partial charge in [0.25, 0.3) is 5.92 Å². The molecule has 0 radical (unpaired) electrons. The van der Waals surface area contributed by atoms with Crippen molar-refractivity contribution >= 4 is 0 Å². The topological polar surface area (TPSA) is 113 Å². The number of alkyl halides is 15. The van der Waals surface area contributed by atoms with Crippen LogP contribution in [-0.4, -0.2) is 192 Å². The molecule has 0 saturated heterocycles. The van der Waals surface area contributed by atoms with Crippen LogP contribution in [-0.2, 0) is 47.4 Å². The first-order chi connectivity index (χ1) is 25.6. The van der Waals surface area contributed by atoms with Gasteiger partial charge in [-0.3, -0.25) is 0 Å². The Morgan fingerprint density at radius 1 is 0.418 bits per heavy atom. The van der Waals surface area contributed by atoms with E-state index in [1.807, 2.05) is 0 Å². The fourth-order valence-corrected chi connectivity index (χ4v) is 3.46. The molecule has 0 bridgehead atoms. The van der Waals surface area contributed by atoms with Crippen LogP contribution in [0.1, 0.15) is 0 Å². The highest BCUT2D eigenvalue weighted by atomic mass is 19.4. The fraction of sp³-hybridized carbons (Fsp3) is 1.00. The van der Waals surface area contributed by atoms with E-state index in [9.17, 15) is 65.9 Å². The second-order valence-corrected chi connectivity index (χ2v) is 10.9. The summed E-state index contributed by atoms with van der Waals surface area (Å²) >= 11 is 0. The van der Waals surface area contributed by atoms with Crippen molar-refractivity contribution in [2.75, 3.05) is 139 Å². The molecule has 11 nitrogen and oxygen atoms in total. The molecule has 1 N–H and O–H groups in total. The maximum Gasteiger partial charge on any atom is 0.384 e. The van der Waals surface area contributed by atoms with Gasteiger partial charge in [-0.1, -0.05) is 0 Å². The predicted molar refractivity (Wildman–Crippen MR) is 156 cm³/mol. The van der Waals surface area contributed by atoms with Crippen LogP contribution in [0.4, 0.5) is 65.9 Å². The highest BCUT2D eigenvalue weighted by molar-refractivity contribution is 5.09. The lowest BCUT2D eigenvalue weighted by Gasteiger charge is -2.39. The van der Waals surface area contributed by atoms with Gasteiger partial charge in [-0.2, -0.15) is 43.9 Å². The molecule has 0 heterocycles. The molecule has 1 atom stereocenters. The third-order valence-electron chi connectivity index (χ3n) is 6.39. The van der Waals surface area contributed by atoms with Gasteiger partial charge in [0, 0.05) is 0 Å². The van der Waals surface area contributed by atoms with Crippen LogP contribution in [0.5, 0.6) is 0 Å². The SMILES string of the molecule is OCCOCCOCCOCCOCCOCCOCCOCCOC(COCC(F)(F)CF)COCC(F)(F)C(F)(F)C(F)(F)C(F)(F)C(F)(F)C(F)F. The minimum Gasteiger partial charge on any atom is -0.394 e. The van der Waals surface area contributed by atoms with Crippen molar-refractivity contribution < 1.29 is 118 Å². The summed E-state index contributed by atoms with van der Waals surface area (Å²) in [5.74, 6) is -40.4. The molecule has 1 unspecified atom stereocenters. The Labute approximate surface area is 305 Å². The van der Waals surface area contributed by atoms with Crippen LogP contribution in [0.25, 0.3) is 0 Å². The van der Waals surface area contributed by atoms with Crippen molar-refractivity contribution in [3.63, 3.8) is 0 Å². The zero-order valence-electron chi connectivity index (χ0n) is 29.2. The van der Waals surface area contributed by atoms with Gasteiger partial charge >= 0.3 is 36.0 Å². The second-order valence-electron chi connectivity index (χ2n) is 10.9. The smallest absolute Gasteiger partial charge is 0.384 e. The van der Waals surface area contributed by atoms with Crippen LogP contribution >= 0.6 is 0 Å². The Balaban J connectivity index is 4.46. The summed E-state index contributed by atoms with van der Waals surface area (Å²) in [6.07, 6.45) is -7.43. The molecular weight excluding hydrogens is 809 g/mol. The van der Waals surface area contributed by atoms with E-state index in [4.69, 9.17) is 43.0 Å². The molecule has 0 aromatic rings. The van der Waals surface area contributed by atoms with Crippen molar-refractivity contribution in [3.05, 3.63) is 0 Å². The molecule has 0 aromatic heterocycles. The number of hydrogen-bond donors (Lipinski definition) is 1. The lowest BCUT2D eigenvalue weighted by molar-refractivity contribution is -0.415. The van der Waals surface area contributed by atoms with Crippen molar-refractivity contribution in [2.45, 2.75) is 48.1 Å². The third-order valence-corrected chi connectivity index (χ3v) is 6.39. The van der Waals surface area contributed by atoms with Crippen molar-refractivity contribution in [1.82, 2.24) is 0 Å². The number of ether oxygens (including phenoxy) is 10. The van der Waals surface area contributed by atoms with E-state index in [-0.39, 0.29) is 59.5 Å². The largest absolute Gasteiger partial charge is 0.394 e. The van der Waals surface area contributed by atoms with Crippen LogP contribution < -0.4 is 0 Å². The lowest BCUT2D eigenvalue weighted by atomic mass is 9.94. The molecule has 0 saturated carbocycles. The molecule has 0 fully saturated rings. The highest BCUT2D eigenvalue weighted by Gasteiger charge is 2.87. The molecule has 0 spiro atoms. The summed E-state index contributed by atoms with van der Waals surface area (Å²) in [7, 11) is 0. The van der Waals surface area contributed by atoms with E-state index in [2.05, 4.69) is 9.47 Å². The molecule has 0 amide bonds. The van der Waals surface area contributed by atoms with E-state index >= 15 is 0 Å². The Kier molecular flexibility index (Phi) is 26.5. The molecule has 0 aliphatic carbocycles. The summed E-state index contributed by atoms with van der Waals surface area (Å²) in [5, 5.41) is 8.55. The van der Waals surface area contributed by atoms with Crippen molar-refractivity contribution in [3.8, 4) is 0 Å². The van der Waals surface area contributed by atoms with E-state index in [1.165, 1.54) is 0 Å². The van der Waals surface area contributed by atoms with E-state index in [0.717, 1.165) is 0 Å². The van der Waals surface area contributed by atoms with Crippen LogP contribution in [0.2, 0.25) is 0 Å². The quantitative estimate of drug-likeness (QED) is 0.0698. The molecule has 332 valence electrons. The van der Waals surface area contributed by atoms with Crippen molar-refractivity contribution in [1.29, 1.82) is 0 Å². The van der Waals surface area contributed by atoms with Gasteiger partial charge in [0.2, 0.25) is 0 Å². The third kappa shape index (κ3) is 19.7. The predicted octanol–water partition coefficient (Wildman–Crippen LogP) is 4.56. The molecular formula is C29H45F15O11. The number of aliphatic hydroxyl groups excluding tert-OH is 1. The molecule has 0 aromatic carbocycles. The molecule has 26 heteroatoms. The number of hydrogen-bond acceptors (Lipinski definition) is 11. The van der Waals surface area contributed by atoms with Gasteiger partial charge in [-0.15, -0.1) is 0 Å². The lowest BCUT2D eigenvalue weighted by Crippen LogP contribution is -2.69. The first-order valence-electron chi connectivity index (χ1n) is 16.2. The Morgan fingerprint density at radius 2 is 0.764 bits per heavy atom. The number of halogens is 15. The average molecular weight is 855 g/mol. The number of rotatable bonds is 38. The maximum atomic E-state index is 14.0. The molecule has 0 rings (SSSR count). The summed E-state index contributed by atoms with van der Waals surface area (Å²) < 4.78 is 249. The van der Waals surface area contributed by atoms with Crippen LogP contribution in [0, 0.1) is 0 Å². The molecule has 0 aliphatic heterocycles. The standard InChI is InChI=1S/C29H45F15O11/c30-19-24(33,34)20-53-17-22(18-54-21-25(35,36)27(39,40)29(43,44)28(41,42)26(37,38)23(31)32)55-16-15-52-14-13-51-12-11-50-10-9-49-8-7-48-6-5-47-4-3-46-2-1-45/h22-23,45H,1-21H2. The van der Waals surface area contributed by atoms with Crippen molar-refractivity contribution in [2.24, 2.45) is 0 Å². The molecule has 0 aliphatic rings. The van der Waals surface area contributed by atoms with Gasteiger partial charge in [-0.25, -0.2) is 22.0 Å². The Morgan fingerprint density at radius 3 is 1.11 bits per heavy atom.